The fraction of sp³-hybridized carbons (Fsp3) is 0.176. The van der Waals surface area contributed by atoms with Crippen molar-refractivity contribution < 1.29 is 4.79 Å². The molecule has 0 unspecified atom stereocenters. The second kappa shape index (κ2) is 6.50. The van der Waals surface area contributed by atoms with Crippen molar-refractivity contribution in [1.29, 1.82) is 0 Å². The Morgan fingerprint density at radius 3 is 2.38 bits per heavy atom. The lowest BCUT2D eigenvalue weighted by molar-refractivity contribution is 0.102. The van der Waals surface area contributed by atoms with Crippen LogP contribution in [0.1, 0.15) is 27.0 Å². The minimum atomic E-state index is -0.102. The summed E-state index contributed by atoms with van der Waals surface area (Å²) in [4.78, 5) is 12.7. The van der Waals surface area contributed by atoms with Gasteiger partial charge in [0.15, 0.2) is 0 Å². The normalized spacial score (nSPS) is 10.2. The van der Waals surface area contributed by atoms with Crippen molar-refractivity contribution in [3.63, 3.8) is 0 Å². The van der Waals surface area contributed by atoms with Gasteiger partial charge < -0.3 is 11.1 Å². The van der Waals surface area contributed by atoms with Gasteiger partial charge >= 0.3 is 0 Å². The third kappa shape index (κ3) is 4.13. The van der Waals surface area contributed by atoms with Crippen LogP contribution in [-0.2, 0) is 6.42 Å². The number of benzene rings is 2. The molecule has 0 aliphatic heterocycles. The van der Waals surface area contributed by atoms with Crippen LogP contribution in [0.4, 0.5) is 5.69 Å². The van der Waals surface area contributed by atoms with E-state index in [4.69, 9.17) is 18.0 Å². The van der Waals surface area contributed by atoms with E-state index < -0.39 is 0 Å². The largest absolute Gasteiger partial charge is 0.393 e. The van der Waals surface area contributed by atoms with E-state index in [0.717, 1.165) is 22.4 Å². The molecule has 0 spiro atoms. The zero-order chi connectivity index (χ0) is 15.4. The summed E-state index contributed by atoms with van der Waals surface area (Å²) >= 11 is 4.88. The Hall–Kier alpha value is -2.20. The Bertz CT molecular complexity index is 678. The predicted molar refractivity (Wildman–Crippen MR) is 90.8 cm³/mol. The standard InChI is InChI=1S/C17H18N2OS/c1-11-3-8-15(12(2)9-11)17(20)19-14-6-4-13(5-7-14)10-16(18)21/h3-9H,10H2,1-2H3,(H2,18,21)(H,19,20). The summed E-state index contributed by atoms with van der Waals surface area (Å²) in [6.07, 6.45) is 0.570. The number of hydrogen-bond donors (Lipinski definition) is 2. The van der Waals surface area contributed by atoms with Crippen molar-refractivity contribution in [3.8, 4) is 0 Å². The van der Waals surface area contributed by atoms with Crippen molar-refractivity contribution in [2.45, 2.75) is 20.3 Å². The highest BCUT2D eigenvalue weighted by Gasteiger charge is 2.09. The van der Waals surface area contributed by atoms with Crippen molar-refractivity contribution in [3.05, 3.63) is 64.7 Å². The zero-order valence-electron chi connectivity index (χ0n) is 12.1. The van der Waals surface area contributed by atoms with Gasteiger partial charge in [-0.1, -0.05) is 42.0 Å². The van der Waals surface area contributed by atoms with E-state index >= 15 is 0 Å². The molecule has 2 rings (SSSR count). The van der Waals surface area contributed by atoms with Gasteiger partial charge in [0.25, 0.3) is 5.91 Å². The van der Waals surface area contributed by atoms with Crippen LogP contribution in [0, 0.1) is 13.8 Å². The second-order valence-electron chi connectivity index (χ2n) is 5.11. The fourth-order valence-corrected chi connectivity index (χ4v) is 2.34. The monoisotopic (exact) mass is 298 g/mol. The number of carbonyl (C=O) groups is 1. The van der Waals surface area contributed by atoms with Crippen LogP contribution in [-0.4, -0.2) is 10.9 Å². The minimum absolute atomic E-state index is 0.102. The number of hydrogen-bond acceptors (Lipinski definition) is 2. The lowest BCUT2D eigenvalue weighted by Crippen LogP contribution is -2.14. The maximum atomic E-state index is 12.3. The van der Waals surface area contributed by atoms with Crippen LogP contribution in [0.3, 0.4) is 0 Å². The van der Waals surface area contributed by atoms with Crippen molar-refractivity contribution in [2.24, 2.45) is 5.73 Å². The van der Waals surface area contributed by atoms with Gasteiger partial charge in [-0.15, -0.1) is 0 Å². The predicted octanol–water partition coefficient (Wildman–Crippen LogP) is 3.38. The first kappa shape index (κ1) is 15.2. The van der Waals surface area contributed by atoms with Gasteiger partial charge in [-0.05, 0) is 43.2 Å². The molecule has 0 aliphatic carbocycles. The number of rotatable bonds is 4. The molecule has 3 N–H and O–H groups in total. The molecule has 2 aromatic carbocycles. The highest BCUT2D eigenvalue weighted by molar-refractivity contribution is 7.80. The summed E-state index contributed by atoms with van der Waals surface area (Å²) in [5.74, 6) is -0.102. The highest BCUT2D eigenvalue weighted by atomic mass is 32.1. The fourth-order valence-electron chi connectivity index (χ4n) is 2.17. The molecule has 0 saturated carbocycles. The number of nitrogens with two attached hydrogens (primary N) is 1. The summed E-state index contributed by atoms with van der Waals surface area (Å²) in [7, 11) is 0. The smallest absolute Gasteiger partial charge is 0.255 e. The summed E-state index contributed by atoms with van der Waals surface area (Å²) in [6.45, 7) is 3.95. The molecule has 0 aliphatic rings. The lowest BCUT2D eigenvalue weighted by Gasteiger charge is -2.09. The van der Waals surface area contributed by atoms with Crippen LogP contribution in [0.15, 0.2) is 42.5 Å². The molecule has 0 aromatic heterocycles. The molecule has 3 nitrogen and oxygen atoms in total. The first-order valence-corrected chi connectivity index (χ1v) is 7.12. The van der Waals surface area contributed by atoms with E-state index in [9.17, 15) is 4.79 Å². The molecule has 0 bridgehead atoms. The van der Waals surface area contributed by atoms with Gasteiger partial charge in [0, 0.05) is 17.7 Å². The molecular formula is C17H18N2OS. The maximum absolute atomic E-state index is 12.3. The van der Waals surface area contributed by atoms with Gasteiger partial charge in [0.1, 0.15) is 0 Å². The van der Waals surface area contributed by atoms with Gasteiger partial charge in [0.05, 0.1) is 4.99 Å². The molecule has 0 heterocycles. The van der Waals surface area contributed by atoms with Crippen LogP contribution < -0.4 is 11.1 Å². The summed E-state index contributed by atoms with van der Waals surface area (Å²) < 4.78 is 0. The number of nitrogens with one attached hydrogen (secondary N) is 1. The van der Waals surface area contributed by atoms with Crippen LogP contribution in [0.25, 0.3) is 0 Å². The first-order chi connectivity index (χ1) is 9.95. The number of amides is 1. The van der Waals surface area contributed by atoms with Gasteiger partial charge in [-0.3, -0.25) is 4.79 Å². The maximum Gasteiger partial charge on any atom is 0.255 e. The van der Waals surface area contributed by atoms with Gasteiger partial charge in [0.2, 0.25) is 0 Å². The number of carbonyl (C=O) groups excluding carboxylic acids is 1. The molecular weight excluding hydrogens is 280 g/mol. The number of anilines is 1. The molecule has 21 heavy (non-hydrogen) atoms. The van der Waals surface area contributed by atoms with E-state index in [1.165, 1.54) is 0 Å². The van der Waals surface area contributed by atoms with E-state index in [1.54, 1.807) is 0 Å². The van der Waals surface area contributed by atoms with Crippen LogP contribution in [0.5, 0.6) is 0 Å². The Balaban J connectivity index is 2.10. The SMILES string of the molecule is Cc1ccc(C(=O)Nc2ccc(CC(N)=S)cc2)c(C)c1. The number of thiocarbonyl (C=S) groups is 1. The molecule has 0 saturated heterocycles. The lowest BCUT2D eigenvalue weighted by atomic mass is 10.0. The van der Waals surface area contributed by atoms with Crippen molar-refractivity contribution in [1.82, 2.24) is 0 Å². The molecule has 108 valence electrons. The Kier molecular flexibility index (Phi) is 4.70. The molecule has 0 fully saturated rings. The van der Waals surface area contributed by atoms with E-state index in [-0.39, 0.29) is 5.91 Å². The molecule has 2 aromatic rings. The van der Waals surface area contributed by atoms with E-state index in [0.29, 0.717) is 17.0 Å². The van der Waals surface area contributed by atoms with E-state index in [2.05, 4.69) is 5.32 Å². The summed E-state index contributed by atoms with van der Waals surface area (Å²) in [6, 6.07) is 13.3. The third-order valence-electron chi connectivity index (χ3n) is 3.22. The van der Waals surface area contributed by atoms with Crippen LogP contribution in [0.2, 0.25) is 0 Å². The quantitative estimate of drug-likeness (QED) is 0.851. The summed E-state index contributed by atoms with van der Waals surface area (Å²) in [5.41, 5.74) is 10.1. The average Bonchev–Trinajstić information content (AvgIpc) is 2.40. The minimum Gasteiger partial charge on any atom is -0.393 e. The molecule has 0 radical (unpaired) electrons. The Labute approximate surface area is 130 Å². The second-order valence-corrected chi connectivity index (χ2v) is 5.64. The van der Waals surface area contributed by atoms with Gasteiger partial charge in [-0.25, -0.2) is 0 Å². The molecule has 4 heteroatoms. The Morgan fingerprint density at radius 2 is 1.81 bits per heavy atom. The zero-order valence-corrected chi connectivity index (χ0v) is 13.0. The summed E-state index contributed by atoms with van der Waals surface area (Å²) in [5, 5.41) is 2.90. The molecule has 0 atom stereocenters. The topological polar surface area (TPSA) is 55.1 Å². The van der Waals surface area contributed by atoms with Crippen molar-refractivity contribution in [2.75, 3.05) is 5.32 Å². The third-order valence-corrected chi connectivity index (χ3v) is 3.36. The Morgan fingerprint density at radius 1 is 1.14 bits per heavy atom. The molecule has 1 amide bonds. The van der Waals surface area contributed by atoms with Crippen LogP contribution >= 0.6 is 12.2 Å². The average molecular weight is 298 g/mol. The van der Waals surface area contributed by atoms with E-state index in [1.807, 2.05) is 56.3 Å². The first-order valence-electron chi connectivity index (χ1n) is 6.71. The highest BCUT2D eigenvalue weighted by Crippen LogP contribution is 2.15. The van der Waals surface area contributed by atoms with Gasteiger partial charge in [-0.2, -0.15) is 0 Å². The van der Waals surface area contributed by atoms with Crippen molar-refractivity contribution >= 4 is 28.8 Å². The number of aryl methyl sites for hydroxylation is 2.